The van der Waals surface area contributed by atoms with E-state index in [1.165, 1.54) is 24.0 Å². The lowest BCUT2D eigenvalue weighted by Crippen LogP contribution is -2.42. The lowest BCUT2D eigenvalue weighted by atomic mass is 9.72. The van der Waals surface area contributed by atoms with E-state index >= 15 is 0 Å². The van der Waals surface area contributed by atoms with Gasteiger partial charge in [-0.1, -0.05) is 19.9 Å². The van der Waals surface area contributed by atoms with Crippen LogP contribution in [0, 0.1) is 0 Å². The van der Waals surface area contributed by atoms with Crippen LogP contribution in [-0.2, 0) is 12.0 Å². The number of hydrogen-bond donors (Lipinski definition) is 1. The Balaban J connectivity index is 2.50. The molecule has 2 heteroatoms. The van der Waals surface area contributed by atoms with Gasteiger partial charge in [-0.25, -0.2) is 0 Å². The average Bonchev–Trinajstić information content (AvgIpc) is 2.37. The van der Waals surface area contributed by atoms with Crippen molar-refractivity contribution in [2.75, 3.05) is 13.7 Å². The van der Waals surface area contributed by atoms with E-state index in [0.717, 1.165) is 18.8 Å². The van der Waals surface area contributed by atoms with E-state index in [4.69, 9.17) is 4.74 Å². The summed E-state index contributed by atoms with van der Waals surface area (Å²) in [7, 11) is 1.74. The maximum atomic E-state index is 5.34. The third-order valence-corrected chi connectivity index (χ3v) is 4.02. The normalized spacial score (nSPS) is 17.9. The molecule has 0 aromatic heterocycles. The standard InChI is InChI=1S/C14H21NO/c1-4-14(5-2)10-15-9-11-6-7-12(16-3)8-13(11)14/h6-8,15H,4-5,9-10H2,1-3H3. The Hall–Kier alpha value is -1.02. The quantitative estimate of drug-likeness (QED) is 0.844. The first-order valence-corrected chi connectivity index (χ1v) is 6.14. The smallest absolute Gasteiger partial charge is 0.119 e. The van der Waals surface area contributed by atoms with Crippen LogP contribution in [-0.4, -0.2) is 13.7 Å². The summed E-state index contributed by atoms with van der Waals surface area (Å²) in [6.07, 6.45) is 2.35. The van der Waals surface area contributed by atoms with Gasteiger partial charge in [-0.05, 0) is 36.1 Å². The van der Waals surface area contributed by atoms with E-state index in [9.17, 15) is 0 Å². The molecule has 0 saturated heterocycles. The Morgan fingerprint density at radius 2 is 2.06 bits per heavy atom. The summed E-state index contributed by atoms with van der Waals surface area (Å²) >= 11 is 0. The highest BCUT2D eigenvalue weighted by atomic mass is 16.5. The summed E-state index contributed by atoms with van der Waals surface area (Å²) < 4.78 is 5.34. The van der Waals surface area contributed by atoms with Crippen molar-refractivity contribution in [1.29, 1.82) is 0 Å². The van der Waals surface area contributed by atoms with Crippen LogP contribution in [0.25, 0.3) is 0 Å². The van der Waals surface area contributed by atoms with Crippen LogP contribution in [0.5, 0.6) is 5.75 Å². The fraction of sp³-hybridized carbons (Fsp3) is 0.571. The minimum absolute atomic E-state index is 0.294. The molecule has 1 aliphatic heterocycles. The van der Waals surface area contributed by atoms with Crippen molar-refractivity contribution in [3.63, 3.8) is 0 Å². The van der Waals surface area contributed by atoms with E-state index in [-0.39, 0.29) is 0 Å². The van der Waals surface area contributed by atoms with E-state index in [2.05, 4.69) is 37.4 Å². The van der Waals surface area contributed by atoms with E-state index in [1.54, 1.807) is 7.11 Å². The first-order valence-electron chi connectivity index (χ1n) is 6.14. The summed E-state index contributed by atoms with van der Waals surface area (Å²) in [5, 5.41) is 3.53. The largest absolute Gasteiger partial charge is 0.497 e. The Morgan fingerprint density at radius 1 is 1.31 bits per heavy atom. The van der Waals surface area contributed by atoms with Gasteiger partial charge in [0.1, 0.15) is 5.75 Å². The summed E-state index contributed by atoms with van der Waals surface area (Å²) in [6.45, 7) is 6.63. The van der Waals surface area contributed by atoms with Gasteiger partial charge in [-0.2, -0.15) is 0 Å². The maximum absolute atomic E-state index is 5.34. The molecule has 0 aliphatic carbocycles. The molecule has 2 nitrogen and oxygen atoms in total. The fourth-order valence-corrected chi connectivity index (χ4v) is 2.74. The van der Waals surface area contributed by atoms with Gasteiger partial charge in [0.25, 0.3) is 0 Å². The zero-order valence-corrected chi connectivity index (χ0v) is 10.5. The molecule has 0 radical (unpaired) electrons. The van der Waals surface area contributed by atoms with Gasteiger partial charge in [0, 0.05) is 18.5 Å². The summed E-state index contributed by atoms with van der Waals surface area (Å²) in [6, 6.07) is 6.48. The first-order chi connectivity index (χ1) is 7.75. The van der Waals surface area contributed by atoms with Crippen molar-refractivity contribution in [3.05, 3.63) is 29.3 Å². The third kappa shape index (κ3) is 1.71. The second-order valence-electron chi connectivity index (χ2n) is 4.61. The van der Waals surface area contributed by atoms with Gasteiger partial charge in [0.2, 0.25) is 0 Å². The SMILES string of the molecule is CCC1(CC)CNCc2ccc(OC)cc21. The Kier molecular flexibility index (Phi) is 3.20. The molecule has 16 heavy (non-hydrogen) atoms. The number of hydrogen-bond acceptors (Lipinski definition) is 2. The van der Waals surface area contributed by atoms with E-state index in [0.29, 0.717) is 5.41 Å². The average molecular weight is 219 g/mol. The van der Waals surface area contributed by atoms with Gasteiger partial charge < -0.3 is 10.1 Å². The van der Waals surface area contributed by atoms with Crippen molar-refractivity contribution < 1.29 is 4.74 Å². The predicted molar refractivity (Wildman–Crippen MR) is 67.0 cm³/mol. The Labute approximate surface area is 98.0 Å². The second kappa shape index (κ2) is 4.46. The molecule has 1 aromatic carbocycles. The predicted octanol–water partition coefficient (Wildman–Crippen LogP) is 2.86. The van der Waals surface area contributed by atoms with Gasteiger partial charge in [0.05, 0.1) is 7.11 Å². The summed E-state index contributed by atoms with van der Waals surface area (Å²) in [4.78, 5) is 0. The van der Waals surface area contributed by atoms with E-state index in [1.807, 2.05) is 0 Å². The van der Waals surface area contributed by atoms with Crippen LogP contribution in [0.3, 0.4) is 0 Å². The molecule has 88 valence electrons. The maximum Gasteiger partial charge on any atom is 0.119 e. The van der Waals surface area contributed by atoms with Gasteiger partial charge in [-0.3, -0.25) is 0 Å². The van der Waals surface area contributed by atoms with Crippen LogP contribution in [0.2, 0.25) is 0 Å². The monoisotopic (exact) mass is 219 g/mol. The highest BCUT2D eigenvalue weighted by Gasteiger charge is 2.33. The molecule has 0 amide bonds. The zero-order valence-electron chi connectivity index (χ0n) is 10.5. The lowest BCUT2D eigenvalue weighted by Gasteiger charge is -2.38. The zero-order chi connectivity index (χ0) is 11.6. The van der Waals surface area contributed by atoms with Crippen molar-refractivity contribution in [2.45, 2.75) is 38.6 Å². The van der Waals surface area contributed by atoms with Crippen LogP contribution in [0.4, 0.5) is 0 Å². The van der Waals surface area contributed by atoms with Crippen LogP contribution in [0.15, 0.2) is 18.2 Å². The third-order valence-electron chi connectivity index (χ3n) is 4.02. The highest BCUT2D eigenvalue weighted by Crippen LogP contribution is 2.37. The highest BCUT2D eigenvalue weighted by molar-refractivity contribution is 5.42. The lowest BCUT2D eigenvalue weighted by molar-refractivity contribution is 0.340. The van der Waals surface area contributed by atoms with Gasteiger partial charge >= 0.3 is 0 Å². The molecule has 0 atom stereocenters. The molecule has 2 rings (SSSR count). The molecule has 1 aromatic rings. The molecule has 1 aliphatic rings. The first kappa shape index (κ1) is 11.5. The van der Waals surface area contributed by atoms with Gasteiger partial charge in [0.15, 0.2) is 0 Å². The Morgan fingerprint density at radius 3 is 2.69 bits per heavy atom. The molecule has 0 saturated carbocycles. The topological polar surface area (TPSA) is 21.3 Å². The van der Waals surface area contributed by atoms with Crippen LogP contribution < -0.4 is 10.1 Å². The van der Waals surface area contributed by atoms with Crippen LogP contribution >= 0.6 is 0 Å². The fourth-order valence-electron chi connectivity index (χ4n) is 2.74. The number of nitrogens with one attached hydrogen (secondary N) is 1. The molecular weight excluding hydrogens is 198 g/mol. The molecule has 0 spiro atoms. The molecule has 0 bridgehead atoms. The second-order valence-corrected chi connectivity index (χ2v) is 4.61. The number of methoxy groups -OCH3 is 1. The summed E-state index contributed by atoms with van der Waals surface area (Å²) in [5.41, 5.74) is 3.20. The summed E-state index contributed by atoms with van der Waals surface area (Å²) in [5.74, 6) is 0.979. The van der Waals surface area contributed by atoms with E-state index < -0.39 is 0 Å². The van der Waals surface area contributed by atoms with Crippen LogP contribution in [0.1, 0.15) is 37.8 Å². The van der Waals surface area contributed by atoms with Crippen molar-refractivity contribution in [2.24, 2.45) is 0 Å². The molecule has 1 heterocycles. The molecule has 0 unspecified atom stereocenters. The number of rotatable bonds is 3. The van der Waals surface area contributed by atoms with Gasteiger partial charge in [-0.15, -0.1) is 0 Å². The minimum Gasteiger partial charge on any atom is -0.497 e. The number of ether oxygens (including phenoxy) is 1. The van der Waals surface area contributed by atoms with Crippen molar-refractivity contribution in [1.82, 2.24) is 5.32 Å². The molecule has 1 N–H and O–H groups in total. The molecule has 0 fully saturated rings. The van der Waals surface area contributed by atoms with Crippen molar-refractivity contribution >= 4 is 0 Å². The molecular formula is C14H21NO. The number of fused-ring (bicyclic) bond motifs is 1. The number of benzene rings is 1. The minimum atomic E-state index is 0.294. The van der Waals surface area contributed by atoms with Crippen molar-refractivity contribution in [3.8, 4) is 5.75 Å². The Bertz CT molecular complexity index is 369.